The van der Waals surface area contributed by atoms with Crippen molar-refractivity contribution in [2.75, 3.05) is 13.6 Å². The van der Waals surface area contributed by atoms with E-state index in [1.54, 1.807) is 0 Å². The van der Waals surface area contributed by atoms with Crippen LogP contribution >= 0.6 is 0 Å². The predicted octanol–water partition coefficient (Wildman–Crippen LogP) is 3.11. The van der Waals surface area contributed by atoms with Crippen LogP contribution in [-0.2, 0) is 6.54 Å². The fourth-order valence-electron chi connectivity index (χ4n) is 2.15. The van der Waals surface area contributed by atoms with E-state index >= 15 is 0 Å². The van der Waals surface area contributed by atoms with Gasteiger partial charge in [-0.2, -0.15) is 0 Å². The molecule has 0 spiro atoms. The topological polar surface area (TPSA) is 29.3 Å². The van der Waals surface area contributed by atoms with Crippen molar-refractivity contribution in [1.82, 2.24) is 4.90 Å². The molecule has 0 aromatic heterocycles. The van der Waals surface area contributed by atoms with Gasteiger partial charge in [0.05, 0.1) is 0 Å². The zero-order valence-electron chi connectivity index (χ0n) is 12.5. The monoisotopic (exact) mass is 248 g/mol. The summed E-state index contributed by atoms with van der Waals surface area (Å²) in [5.74, 6) is 0.568. The molecule has 1 atom stereocenters. The highest BCUT2D eigenvalue weighted by Gasteiger charge is 2.10. The minimum absolute atomic E-state index is 0.311. The lowest BCUT2D eigenvalue weighted by Gasteiger charge is -2.22. The maximum absolute atomic E-state index is 6.09. The first-order chi connectivity index (χ1) is 8.41. The first kappa shape index (κ1) is 15.2. The summed E-state index contributed by atoms with van der Waals surface area (Å²) >= 11 is 0. The molecular weight excluding hydrogens is 220 g/mol. The van der Waals surface area contributed by atoms with Crippen LogP contribution in [-0.4, -0.2) is 24.5 Å². The smallest absolute Gasteiger partial charge is 0.0235 e. The molecule has 2 N–H and O–H groups in total. The number of hydrogen-bond acceptors (Lipinski definition) is 2. The van der Waals surface area contributed by atoms with Crippen molar-refractivity contribution in [2.45, 2.75) is 46.7 Å². The zero-order valence-corrected chi connectivity index (χ0v) is 12.5. The van der Waals surface area contributed by atoms with Crippen molar-refractivity contribution in [1.29, 1.82) is 0 Å². The van der Waals surface area contributed by atoms with Gasteiger partial charge >= 0.3 is 0 Å². The van der Waals surface area contributed by atoms with E-state index < -0.39 is 0 Å². The molecule has 0 heterocycles. The maximum atomic E-state index is 6.09. The molecule has 102 valence electrons. The van der Waals surface area contributed by atoms with Gasteiger partial charge in [-0.3, -0.25) is 0 Å². The molecule has 0 aliphatic rings. The van der Waals surface area contributed by atoms with Crippen molar-refractivity contribution in [3.05, 3.63) is 34.9 Å². The molecule has 0 amide bonds. The van der Waals surface area contributed by atoms with E-state index in [9.17, 15) is 0 Å². The number of nitrogens with two attached hydrogens (primary N) is 1. The van der Waals surface area contributed by atoms with Gasteiger partial charge in [-0.15, -0.1) is 0 Å². The molecule has 0 fully saturated rings. The van der Waals surface area contributed by atoms with Crippen molar-refractivity contribution in [2.24, 2.45) is 11.7 Å². The minimum Gasteiger partial charge on any atom is -0.327 e. The molecule has 2 heteroatoms. The average molecular weight is 248 g/mol. The summed E-state index contributed by atoms with van der Waals surface area (Å²) in [6.07, 6.45) is 1.07. The molecule has 0 aliphatic carbocycles. The normalized spacial score (nSPS) is 13.3. The molecule has 1 rings (SSSR count). The highest BCUT2D eigenvalue weighted by Crippen LogP contribution is 2.15. The maximum Gasteiger partial charge on any atom is 0.0235 e. The Morgan fingerprint density at radius 3 is 2.22 bits per heavy atom. The first-order valence-corrected chi connectivity index (χ1v) is 6.91. The van der Waals surface area contributed by atoms with Gasteiger partial charge in [0.15, 0.2) is 0 Å². The van der Waals surface area contributed by atoms with Crippen molar-refractivity contribution >= 4 is 0 Å². The Balaban J connectivity index is 2.52. The van der Waals surface area contributed by atoms with Gasteiger partial charge in [-0.1, -0.05) is 32.0 Å². The largest absolute Gasteiger partial charge is 0.327 e. The zero-order chi connectivity index (χ0) is 13.7. The molecule has 1 unspecified atom stereocenters. The second-order valence-electron chi connectivity index (χ2n) is 5.80. The lowest BCUT2D eigenvalue weighted by atomic mass is 10.0. The third-order valence-electron chi connectivity index (χ3n) is 3.77. The second kappa shape index (κ2) is 6.91. The molecule has 0 aliphatic heterocycles. The lowest BCUT2D eigenvalue weighted by Crippen LogP contribution is -2.31. The third-order valence-corrected chi connectivity index (χ3v) is 3.77. The quantitative estimate of drug-likeness (QED) is 0.838. The van der Waals surface area contributed by atoms with E-state index in [1.807, 2.05) is 0 Å². The van der Waals surface area contributed by atoms with Gasteiger partial charge in [0.1, 0.15) is 0 Å². The number of nitrogens with zero attached hydrogens (tertiary/aromatic N) is 1. The molecule has 0 radical (unpaired) electrons. The van der Waals surface area contributed by atoms with Crippen LogP contribution in [0.4, 0.5) is 0 Å². The molecule has 2 nitrogen and oxygen atoms in total. The van der Waals surface area contributed by atoms with Crippen LogP contribution in [0.15, 0.2) is 18.2 Å². The summed E-state index contributed by atoms with van der Waals surface area (Å²) in [4.78, 5) is 2.37. The van der Waals surface area contributed by atoms with E-state index in [1.165, 1.54) is 16.7 Å². The Hall–Kier alpha value is -0.860. The van der Waals surface area contributed by atoms with Crippen molar-refractivity contribution in [3.63, 3.8) is 0 Å². The standard InChI is InChI=1S/C16H28N2/c1-12(2)16(17)9-10-18(5)11-15-13(3)7-6-8-14(15)4/h6-8,12,16H,9-11,17H2,1-5H3. The van der Waals surface area contributed by atoms with Gasteiger partial charge in [0.25, 0.3) is 0 Å². The molecule has 0 bridgehead atoms. The summed E-state index contributed by atoms with van der Waals surface area (Å²) < 4.78 is 0. The SMILES string of the molecule is Cc1cccc(C)c1CN(C)CCC(N)C(C)C. The predicted molar refractivity (Wildman–Crippen MR) is 79.7 cm³/mol. The first-order valence-electron chi connectivity index (χ1n) is 6.91. The highest BCUT2D eigenvalue weighted by atomic mass is 15.1. The summed E-state index contributed by atoms with van der Waals surface area (Å²) in [7, 11) is 2.18. The van der Waals surface area contributed by atoms with Gasteiger partial charge in [0, 0.05) is 12.6 Å². The molecule has 1 aromatic rings. The third kappa shape index (κ3) is 4.43. The van der Waals surface area contributed by atoms with Gasteiger partial charge in [0.2, 0.25) is 0 Å². The summed E-state index contributed by atoms with van der Waals surface area (Å²) in [6, 6.07) is 6.82. The van der Waals surface area contributed by atoms with Crippen LogP contribution in [0.1, 0.15) is 37.0 Å². The number of hydrogen-bond donors (Lipinski definition) is 1. The van der Waals surface area contributed by atoms with E-state index in [-0.39, 0.29) is 0 Å². The van der Waals surface area contributed by atoms with Gasteiger partial charge in [-0.25, -0.2) is 0 Å². The summed E-state index contributed by atoms with van der Waals surface area (Å²) in [5.41, 5.74) is 10.3. The number of aryl methyl sites for hydroxylation is 2. The Bertz CT molecular complexity index is 351. The molecular formula is C16H28N2. The summed E-state index contributed by atoms with van der Waals surface area (Å²) in [6.45, 7) is 10.8. The van der Waals surface area contributed by atoms with Gasteiger partial charge < -0.3 is 10.6 Å². The summed E-state index contributed by atoms with van der Waals surface area (Å²) in [5, 5.41) is 0. The average Bonchev–Trinajstić information content (AvgIpc) is 2.30. The van der Waals surface area contributed by atoms with Crippen LogP contribution in [0.25, 0.3) is 0 Å². The van der Waals surface area contributed by atoms with Crippen molar-refractivity contribution in [3.8, 4) is 0 Å². The second-order valence-corrected chi connectivity index (χ2v) is 5.80. The number of rotatable bonds is 6. The Kier molecular flexibility index (Phi) is 5.83. The fraction of sp³-hybridized carbons (Fsp3) is 0.625. The van der Waals surface area contributed by atoms with Crippen LogP contribution in [0, 0.1) is 19.8 Å². The van der Waals surface area contributed by atoms with E-state index in [0.29, 0.717) is 12.0 Å². The minimum atomic E-state index is 0.311. The molecule has 0 saturated heterocycles. The van der Waals surface area contributed by atoms with Crippen LogP contribution in [0.5, 0.6) is 0 Å². The van der Waals surface area contributed by atoms with E-state index in [2.05, 4.69) is 57.8 Å². The Labute approximate surface area is 112 Å². The number of benzene rings is 1. The van der Waals surface area contributed by atoms with Crippen LogP contribution in [0.2, 0.25) is 0 Å². The van der Waals surface area contributed by atoms with Crippen molar-refractivity contribution < 1.29 is 0 Å². The van der Waals surface area contributed by atoms with E-state index in [0.717, 1.165) is 19.5 Å². The molecule has 0 saturated carbocycles. The molecule has 1 aromatic carbocycles. The Morgan fingerprint density at radius 1 is 1.17 bits per heavy atom. The van der Waals surface area contributed by atoms with Gasteiger partial charge in [-0.05, 0) is 56.5 Å². The van der Waals surface area contributed by atoms with Crippen LogP contribution < -0.4 is 5.73 Å². The Morgan fingerprint density at radius 2 is 1.72 bits per heavy atom. The highest BCUT2D eigenvalue weighted by molar-refractivity contribution is 5.33. The fourth-order valence-corrected chi connectivity index (χ4v) is 2.15. The molecule has 18 heavy (non-hydrogen) atoms. The van der Waals surface area contributed by atoms with E-state index in [4.69, 9.17) is 5.73 Å². The lowest BCUT2D eigenvalue weighted by molar-refractivity contribution is 0.295. The van der Waals surface area contributed by atoms with Crippen LogP contribution in [0.3, 0.4) is 0 Å².